The summed E-state index contributed by atoms with van der Waals surface area (Å²) in [6.07, 6.45) is 0. The van der Waals surface area contributed by atoms with Crippen LogP contribution in [0.15, 0.2) is 47.5 Å². The molecular formula is C22H29F2IN4O. The van der Waals surface area contributed by atoms with Crippen LogP contribution in [0.3, 0.4) is 0 Å². The predicted octanol–water partition coefficient (Wildman–Crippen LogP) is 3.67. The first kappa shape index (κ1) is 24.5. The van der Waals surface area contributed by atoms with Gasteiger partial charge in [-0.2, -0.15) is 0 Å². The standard InChI is InChI=1S/C22H28F2N4O.HI/c1-2-25-22(27-15-19-13-20(23)6-7-21(19)24)26-14-17-4-3-5-18(12-17)16-28-8-10-29-11-9-28;/h3-7,12-13H,2,8-11,14-16H2,1H3,(H2,25,26,27);1H. The first-order valence-electron chi connectivity index (χ1n) is 9.98. The second kappa shape index (κ2) is 12.8. The highest BCUT2D eigenvalue weighted by Gasteiger charge is 2.11. The lowest BCUT2D eigenvalue weighted by Crippen LogP contribution is -2.37. The first-order valence-corrected chi connectivity index (χ1v) is 9.98. The molecule has 8 heteroatoms. The highest BCUT2D eigenvalue weighted by Crippen LogP contribution is 2.11. The SMILES string of the molecule is CCNC(=NCc1cccc(CN2CCOCC2)c1)NCc1cc(F)ccc1F.I. The number of hydrogen-bond acceptors (Lipinski definition) is 3. The number of aliphatic imine (C=N–C) groups is 1. The number of guanidine groups is 1. The van der Waals surface area contributed by atoms with Gasteiger partial charge in [-0.15, -0.1) is 24.0 Å². The Balaban J connectivity index is 0.00000320. The van der Waals surface area contributed by atoms with E-state index in [9.17, 15) is 8.78 Å². The van der Waals surface area contributed by atoms with E-state index in [2.05, 4.69) is 32.7 Å². The summed E-state index contributed by atoms with van der Waals surface area (Å²) in [6.45, 7) is 7.67. The molecule has 2 aromatic carbocycles. The maximum absolute atomic E-state index is 13.8. The number of halogens is 3. The fourth-order valence-corrected chi connectivity index (χ4v) is 3.21. The average molecular weight is 530 g/mol. The molecule has 5 nitrogen and oxygen atoms in total. The minimum atomic E-state index is -0.456. The third kappa shape index (κ3) is 7.81. The van der Waals surface area contributed by atoms with Gasteiger partial charge in [0.05, 0.1) is 19.8 Å². The van der Waals surface area contributed by atoms with Crippen molar-refractivity contribution in [2.45, 2.75) is 26.6 Å². The summed E-state index contributed by atoms with van der Waals surface area (Å²) < 4.78 is 32.6. The number of benzene rings is 2. The molecule has 0 aliphatic carbocycles. The molecule has 0 atom stereocenters. The second-order valence-electron chi connectivity index (χ2n) is 6.99. The van der Waals surface area contributed by atoms with Gasteiger partial charge in [0.2, 0.25) is 0 Å². The van der Waals surface area contributed by atoms with Crippen LogP contribution in [0.2, 0.25) is 0 Å². The molecule has 164 valence electrons. The van der Waals surface area contributed by atoms with Crippen molar-refractivity contribution in [1.82, 2.24) is 15.5 Å². The van der Waals surface area contributed by atoms with Crippen LogP contribution in [0, 0.1) is 11.6 Å². The third-order valence-corrected chi connectivity index (χ3v) is 4.72. The lowest BCUT2D eigenvalue weighted by molar-refractivity contribution is 0.0342. The quantitative estimate of drug-likeness (QED) is 0.326. The lowest BCUT2D eigenvalue weighted by Gasteiger charge is -2.26. The highest BCUT2D eigenvalue weighted by molar-refractivity contribution is 14.0. The van der Waals surface area contributed by atoms with E-state index in [4.69, 9.17) is 4.74 Å². The summed E-state index contributed by atoms with van der Waals surface area (Å²) in [5.41, 5.74) is 2.62. The van der Waals surface area contributed by atoms with Crippen molar-refractivity contribution < 1.29 is 13.5 Å². The van der Waals surface area contributed by atoms with E-state index >= 15 is 0 Å². The van der Waals surface area contributed by atoms with Crippen molar-refractivity contribution in [2.75, 3.05) is 32.8 Å². The van der Waals surface area contributed by atoms with E-state index in [1.54, 1.807) is 0 Å². The molecule has 0 saturated carbocycles. The molecule has 1 aliphatic heterocycles. The summed E-state index contributed by atoms with van der Waals surface area (Å²) in [6, 6.07) is 11.8. The van der Waals surface area contributed by atoms with Gasteiger partial charge < -0.3 is 15.4 Å². The van der Waals surface area contributed by atoms with Crippen LogP contribution in [-0.2, 0) is 24.4 Å². The second-order valence-corrected chi connectivity index (χ2v) is 6.99. The molecule has 1 heterocycles. The first-order chi connectivity index (χ1) is 14.1. The van der Waals surface area contributed by atoms with Crippen LogP contribution >= 0.6 is 24.0 Å². The number of nitrogens with one attached hydrogen (secondary N) is 2. The van der Waals surface area contributed by atoms with E-state index < -0.39 is 11.6 Å². The van der Waals surface area contributed by atoms with Crippen molar-refractivity contribution in [3.63, 3.8) is 0 Å². The summed E-state index contributed by atoms with van der Waals surface area (Å²) in [5.74, 6) is -0.331. The van der Waals surface area contributed by atoms with Gasteiger partial charge in [0.25, 0.3) is 0 Å². The van der Waals surface area contributed by atoms with E-state index in [1.165, 1.54) is 11.6 Å². The molecule has 0 amide bonds. The fraction of sp³-hybridized carbons (Fsp3) is 0.409. The fourth-order valence-electron chi connectivity index (χ4n) is 3.21. The Hall–Kier alpha value is -1.78. The Morgan fingerprint density at radius 1 is 1.07 bits per heavy atom. The molecule has 1 fully saturated rings. The van der Waals surface area contributed by atoms with Crippen molar-refractivity contribution in [1.29, 1.82) is 0 Å². The molecule has 2 aromatic rings. The third-order valence-electron chi connectivity index (χ3n) is 4.72. The van der Waals surface area contributed by atoms with Crippen LogP contribution < -0.4 is 10.6 Å². The molecule has 3 rings (SSSR count). The zero-order valence-corrected chi connectivity index (χ0v) is 19.5. The highest BCUT2D eigenvalue weighted by atomic mass is 127. The predicted molar refractivity (Wildman–Crippen MR) is 126 cm³/mol. The Labute approximate surface area is 193 Å². The molecule has 30 heavy (non-hydrogen) atoms. The molecule has 1 saturated heterocycles. The van der Waals surface area contributed by atoms with Crippen LogP contribution in [0.5, 0.6) is 0 Å². The Kier molecular flexibility index (Phi) is 10.5. The van der Waals surface area contributed by atoms with Crippen molar-refractivity contribution in [3.05, 3.63) is 70.8 Å². The van der Waals surface area contributed by atoms with Crippen LogP contribution in [0.4, 0.5) is 8.78 Å². The largest absolute Gasteiger partial charge is 0.379 e. The minimum Gasteiger partial charge on any atom is -0.379 e. The topological polar surface area (TPSA) is 48.9 Å². The Morgan fingerprint density at radius 3 is 2.60 bits per heavy atom. The summed E-state index contributed by atoms with van der Waals surface area (Å²) in [4.78, 5) is 6.96. The van der Waals surface area contributed by atoms with Crippen molar-refractivity contribution >= 4 is 29.9 Å². The number of ether oxygens (including phenoxy) is 1. The molecule has 0 radical (unpaired) electrons. The number of hydrogen-bond donors (Lipinski definition) is 2. The van der Waals surface area contributed by atoms with Crippen LogP contribution in [0.1, 0.15) is 23.6 Å². The van der Waals surface area contributed by atoms with E-state index in [0.29, 0.717) is 19.0 Å². The molecule has 0 spiro atoms. The van der Waals surface area contributed by atoms with Gasteiger partial charge in [0.1, 0.15) is 11.6 Å². The molecule has 0 bridgehead atoms. The smallest absolute Gasteiger partial charge is 0.191 e. The van der Waals surface area contributed by atoms with Gasteiger partial charge in [0, 0.05) is 38.3 Å². The molecule has 2 N–H and O–H groups in total. The molecule has 1 aliphatic rings. The molecule has 0 aromatic heterocycles. The average Bonchev–Trinajstić information content (AvgIpc) is 2.73. The van der Waals surface area contributed by atoms with Gasteiger partial charge in [-0.05, 0) is 36.2 Å². The zero-order valence-electron chi connectivity index (χ0n) is 17.2. The summed E-state index contributed by atoms with van der Waals surface area (Å²) in [5, 5.41) is 6.20. The lowest BCUT2D eigenvalue weighted by atomic mass is 10.1. The number of nitrogens with zero attached hydrogens (tertiary/aromatic N) is 2. The van der Waals surface area contributed by atoms with E-state index in [0.717, 1.165) is 50.5 Å². The van der Waals surface area contributed by atoms with Crippen molar-refractivity contribution in [2.24, 2.45) is 4.99 Å². The summed E-state index contributed by atoms with van der Waals surface area (Å²) in [7, 11) is 0. The maximum atomic E-state index is 13.8. The summed E-state index contributed by atoms with van der Waals surface area (Å²) >= 11 is 0. The molecular weight excluding hydrogens is 501 g/mol. The maximum Gasteiger partial charge on any atom is 0.191 e. The van der Waals surface area contributed by atoms with E-state index in [-0.39, 0.29) is 36.1 Å². The zero-order chi connectivity index (χ0) is 20.5. The van der Waals surface area contributed by atoms with Gasteiger partial charge in [-0.1, -0.05) is 24.3 Å². The van der Waals surface area contributed by atoms with E-state index in [1.807, 2.05) is 19.1 Å². The Bertz CT molecular complexity index is 829. The van der Waals surface area contributed by atoms with Crippen LogP contribution in [-0.4, -0.2) is 43.7 Å². The monoisotopic (exact) mass is 530 g/mol. The normalized spacial score (nSPS) is 14.8. The van der Waals surface area contributed by atoms with Gasteiger partial charge in [0.15, 0.2) is 5.96 Å². The number of rotatable bonds is 7. The van der Waals surface area contributed by atoms with Gasteiger partial charge >= 0.3 is 0 Å². The molecule has 0 unspecified atom stereocenters. The minimum absolute atomic E-state index is 0. The Morgan fingerprint density at radius 2 is 1.83 bits per heavy atom. The van der Waals surface area contributed by atoms with Gasteiger partial charge in [-0.3, -0.25) is 4.90 Å². The van der Waals surface area contributed by atoms with Gasteiger partial charge in [-0.25, -0.2) is 13.8 Å². The number of morpholine rings is 1. The van der Waals surface area contributed by atoms with Crippen LogP contribution in [0.25, 0.3) is 0 Å². The van der Waals surface area contributed by atoms with Crippen molar-refractivity contribution in [3.8, 4) is 0 Å².